The Labute approximate surface area is 205 Å². The number of carbonyl (C=O) groups excluding carboxylic acids is 2. The quantitative estimate of drug-likeness (QED) is 0.444. The highest BCUT2D eigenvalue weighted by molar-refractivity contribution is 7.20. The van der Waals surface area contributed by atoms with Crippen LogP contribution in [0.5, 0.6) is 5.75 Å². The molecule has 0 radical (unpaired) electrons. The van der Waals surface area contributed by atoms with Gasteiger partial charge in [-0.15, -0.1) is 34.7 Å². The number of ether oxygens (including phenoxy) is 2. The normalized spacial score (nSPS) is 14.6. The van der Waals surface area contributed by atoms with Crippen molar-refractivity contribution in [1.82, 2.24) is 20.1 Å². The van der Waals surface area contributed by atoms with Crippen LogP contribution in [-0.2, 0) is 16.0 Å². The monoisotopic (exact) mass is 527 g/mol. The van der Waals surface area contributed by atoms with Crippen molar-refractivity contribution in [3.8, 4) is 15.8 Å². The van der Waals surface area contributed by atoms with Gasteiger partial charge >= 0.3 is 6.36 Å². The topological polar surface area (TPSA) is 107 Å². The Balaban J connectivity index is 1.49. The average Bonchev–Trinajstić information content (AvgIpc) is 3.43. The van der Waals surface area contributed by atoms with Gasteiger partial charge in [0, 0.05) is 29.7 Å². The SMILES string of the molecule is Cc1csc(-c2nnc(CC(=O)c3ccc(OC(F)(F)F)c(NC(=O)CN4CCOCC4)c3)s2)n1. The molecule has 1 aromatic carbocycles. The van der Waals surface area contributed by atoms with Gasteiger partial charge in [-0.05, 0) is 25.1 Å². The summed E-state index contributed by atoms with van der Waals surface area (Å²) in [4.78, 5) is 31.5. The highest BCUT2D eigenvalue weighted by Crippen LogP contribution is 2.32. The highest BCUT2D eigenvalue weighted by Gasteiger charge is 2.32. The number of nitrogens with one attached hydrogen (secondary N) is 1. The molecule has 35 heavy (non-hydrogen) atoms. The molecule has 0 unspecified atom stereocenters. The number of alkyl halides is 3. The van der Waals surface area contributed by atoms with E-state index in [1.54, 1.807) is 0 Å². The molecule has 3 heterocycles. The van der Waals surface area contributed by atoms with Crippen molar-refractivity contribution in [3.05, 3.63) is 39.8 Å². The summed E-state index contributed by atoms with van der Waals surface area (Å²) in [6.07, 6.45) is -5.07. The number of morpholine rings is 1. The van der Waals surface area contributed by atoms with Crippen LogP contribution in [0.3, 0.4) is 0 Å². The molecule has 1 N–H and O–H groups in total. The second-order valence-electron chi connectivity index (χ2n) is 7.59. The maximum absolute atomic E-state index is 12.9. The van der Waals surface area contributed by atoms with Crippen molar-refractivity contribution in [1.29, 1.82) is 0 Å². The molecule has 1 saturated heterocycles. The number of hydrogen-bond acceptors (Lipinski definition) is 10. The first kappa shape index (κ1) is 25.2. The fourth-order valence-electron chi connectivity index (χ4n) is 3.27. The second-order valence-corrected chi connectivity index (χ2v) is 9.51. The van der Waals surface area contributed by atoms with Crippen LogP contribution in [0, 0.1) is 6.92 Å². The molecule has 0 saturated carbocycles. The molecule has 0 aliphatic carbocycles. The Morgan fingerprint density at radius 2 is 1.97 bits per heavy atom. The lowest BCUT2D eigenvalue weighted by Gasteiger charge is -2.26. The number of rotatable bonds is 8. The van der Waals surface area contributed by atoms with Gasteiger partial charge in [0.1, 0.15) is 5.01 Å². The number of aryl methyl sites for hydroxylation is 1. The predicted octanol–water partition coefficient (Wildman–Crippen LogP) is 3.56. The smallest absolute Gasteiger partial charge is 0.404 e. The standard InChI is InChI=1S/C21H20F3N5O4S2/c1-12-11-34-19(25-12)20-28-27-18(35-20)9-15(30)13-2-3-16(33-21(22,23)24)14(8-13)26-17(31)10-29-4-6-32-7-5-29/h2-3,8,11H,4-7,9-10H2,1H3,(H,26,31). The van der Waals surface area contributed by atoms with E-state index in [2.05, 4.69) is 25.2 Å². The third-order valence-corrected chi connectivity index (χ3v) is 6.88. The fourth-order valence-corrected chi connectivity index (χ4v) is 4.94. The number of benzene rings is 1. The number of hydrogen-bond donors (Lipinski definition) is 1. The number of Topliss-reactive ketones (excluding diaryl/α,β-unsaturated/α-hetero) is 1. The number of amides is 1. The Hall–Kier alpha value is -2.94. The zero-order valence-electron chi connectivity index (χ0n) is 18.4. The summed E-state index contributed by atoms with van der Waals surface area (Å²) in [7, 11) is 0. The molecular weight excluding hydrogens is 507 g/mol. The summed E-state index contributed by atoms with van der Waals surface area (Å²) in [5.74, 6) is -1.54. The maximum atomic E-state index is 12.9. The van der Waals surface area contributed by atoms with E-state index >= 15 is 0 Å². The number of halogens is 3. The third-order valence-electron chi connectivity index (χ3n) is 4.85. The van der Waals surface area contributed by atoms with E-state index in [0.717, 1.165) is 11.8 Å². The molecule has 2 aromatic heterocycles. The molecule has 0 bridgehead atoms. The second kappa shape index (κ2) is 10.8. The van der Waals surface area contributed by atoms with Crippen LogP contribution in [0.4, 0.5) is 18.9 Å². The summed E-state index contributed by atoms with van der Waals surface area (Å²) >= 11 is 2.63. The molecule has 9 nitrogen and oxygen atoms in total. The predicted molar refractivity (Wildman–Crippen MR) is 123 cm³/mol. The van der Waals surface area contributed by atoms with Crippen molar-refractivity contribution in [3.63, 3.8) is 0 Å². The average molecular weight is 528 g/mol. The molecule has 14 heteroatoms. The molecule has 1 amide bonds. The Kier molecular flexibility index (Phi) is 7.74. The van der Waals surface area contributed by atoms with E-state index in [-0.39, 0.29) is 24.2 Å². The van der Waals surface area contributed by atoms with Crippen LogP contribution in [-0.4, -0.2) is 71.0 Å². The van der Waals surface area contributed by atoms with Crippen molar-refractivity contribution in [2.24, 2.45) is 0 Å². The van der Waals surface area contributed by atoms with E-state index in [4.69, 9.17) is 4.74 Å². The van der Waals surface area contributed by atoms with Gasteiger partial charge in [0.05, 0.1) is 31.9 Å². The van der Waals surface area contributed by atoms with Gasteiger partial charge < -0.3 is 14.8 Å². The van der Waals surface area contributed by atoms with E-state index in [0.29, 0.717) is 41.3 Å². The van der Waals surface area contributed by atoms with Gasteiger partial charge in [0.15, 0.2) is 21.5 Å². The zero-order valence-corrected chi connectivity index (χ0v) is 20.1. The van der Waals surface area contributed by atoms with Crippen molar-refractivity contribution >= 4 is 40.1 Å². The van der Waals surface area contributed by atoms with Crippen molar-refractivity contribution in [2.45, 2.75) is 19.7 Å². The number of thiazole rings is 1. The summed E-state index contributed by atoms with van der Waals surface area (Å²) in [6.45, 7) is 3.82. The lowest BCUT2D eigenvalue weighted by atomic mass is 10.1. The third kappa shape index (κ3) is 7.04. The first-order valence-corrected chi connectivity index (χ1v) is 12.1. The number of ketones is 1. The molecule has 1 fully saturated rings. The first-order valence-electron chi connectivity index (χ1n) is 10.4. The Bertz CT molecular complexity index is 1210. The summed E-state index contributed by atoms with van der Waals surface area (Å²) in [6, 6.07) is 3.40. The molecule has 0 atom stereocenters. The van der Waals surface area contributed by atoms with Gasteiger partial charge in [-0.1, -0.05) is 11.3 Å². The van der Waals surface area contributed by atoms with E-state index in [1.807, 2.05) is 17.2 Å². The summed E-state index contributed by atoms with van der Waals surface area (Å²) in [5, 5.41) is 14.1. The maximum Gasteiger partial charge on any atom is 0.573 e. The number of anilines is 1. The van der Waals surface area contributed by atoms with Crippen LogP contribution in [0.2, 0.25) is 0 Å². The lowest BCUT2D eigenvalue weighted by Crippen LogP contribution is -2.41. The Morgan fingerprint density at radius 3 is 2.66 bits per heavy atom. The van der Waals surface area contributed by atoms with Crippen LogP contribution in [0.15, 0.2) is 23.6 Å². The minimum absolute atomic E-state index is 0.0310. The molecule has 3 aromatic rings. The minimum Gasteiger partial charge on any atom is -0.404 e. The zero-order chi connectivity index (χ0) is 25.0. The minimum atomic E-state index is -4.97. The summed E-state index contributed by atoms with van der Waals surface area (Å²) in [5.41, 5.74) is 0.702. The fraction of sp³-hybridized carbons (Fsp3) is 0.381. The van der Waals surface area contributed by atoms with E-state index in [1.165, 1.54) is 34.8 Å². The molecule has 186 valence electrons. The highest BCUT2D eigenvalue weighted by atomic mass is 32.1. The summed E-state index contributed by atoms with van der Waals surface area (Å²) < 4.78 is 47.9. The van der Waals surface area contributed by atoms with Gasteiger partial charge in [-0.3, -0.25) is 14.5 Å². The molecule has 0 spiro atoms. The first-order chi connectivity index (χ1) is 16.7. The molecular formula is C21H20F3N5O4S2. The Morgan fingerprint density at radius 1 is 1.20 bits per heavy atom. The van der Waals surface area contributed by atoms with Crippen LogP contribution in [0.25, 0.3) is 10.0 Å². The number of carbonyl (C=O) groups is 2. The van der Waals surface area contributed by atoms with E-state index < -0.39 is 23.8 Å². The van der Waals surface area contributed by atoms with E-state index in [9.17, 15) is 22.8 Å². The van der Waals surface area contributed by atoms with Gasteiger partial charge in [0.25, 0.3) is 0 Å². The molecule has 4 rings (SSSR count). The van der Waals surface area contributed by atoms with Crippen molar-refractivity contribution in [2.75, 3.05) is 38.2 Å². The van der Waals surface area contributed by atoms with Crippen LogP contribution in [0.1, 0.15) is 21.1 Å². The molecule has 1 aliphatic heterocycles. The lowest BCUT2D eigenvalue weighted by molar-refractivity contribution is -0.274. The van der Waals surface area contributed by atoms with Gasteiger partial charge in [-0.2, -0.15) is 0 Å². The van der Waals surface area contributed by atoms with Crippen molar-refractivity contribution < 1.29 is 32.2 Å². The van der Waals surface area contributed by atoms with Crippen LogP contribution < -0.4 is 10.1 Å². The number of aromatic nitrogens is 3. The van der Waals surface area contributed by atoms with Gasteiger partial charge in [-0.25, -0.2) is 4.98 Å². The largest absolute Gasteiger partial charge is 0.573 e. The van der Waals surface area contributed by atoms with Gasteiger partial charge in [0.2, 0.25) is 5.91 Å². The number of nitrogens with zero attached hydrogens (tertiary/aromatic N) is 4. The van der Waals surface area contributed by atoms with Crippen LogP contribution >= 0.6 is 22.7 Å². The molecule has 1 aliphatic rings.